The van der Waals surface area contributed by atoms with Crippen molar-refractivity contribution in [2.24, 2.45) is 0 Å². The van der Waals surface area contributed by atoms with Gasteiger partial charge in [0, 0.05) is 13.1 Å². The summed E-state index contributed by atoms with van der Waals surface area (Å²) in [5.41, 5.74) is 0.989. The Morgan fingerprint density at radius 3 is 2.64 bits per heavy atom. The topological polar surface area (TPSA) is 52.0 Å². The van der Waals surface area contributed by atoms with Gasteiger partial charge in [-0.3, -0.25) is 0 Å². The molecule has 0 saturated carbocycles. The normalized spacial score (nSPS) is 18.1. The van der Waals surface area contributed by atoms with Crippen LogP contribution in [0, 0.1) is 0 Å². The van der Waals surface area contributed by atoms with Crippen molar-refractivity contribution in [2.75, 3.05) is 13.7 Å². The molecule has 1 aromatic carbocycles. The zero-order valence-electron chi connectivity index (χ0n) is 11.9. The summed E-state index contributed by atoms with van der Waals surface area (Å²) < 4.78 is 44.9. The van der Waals surface area contributed by atoms with E-state index in [1.54, 1.807) is 7.11 Å². The molecule has 0 amide bonds. The van der Waals surface area contributed by atoms with E-state index >= 15 is 0 Å². The van der Waals surface area contributed by atoms with Crippen molar-refractivity contribution < 1.29 is 17.9 Å². The number of ether oxygens (including phenoxy) is 1. The summed E-state index contributed by atoms with van der Waals surface area (Å²) in [7, 11) is 1.58. The van der Waals surface area contributed by atoms with Crippen LogP contribution in [0.2, 0.25) is 0 Å². The van der Waals surface area contributed by atoms with Crippen molar-refractivity contribution in [1.82, 2.24) is 20.1 Å². The summed E-state index contributed by atoms with van der Waals surface area (Å²) in [6.45, 7) is 0.672. The molecule has 8 heteroatoms. The second-order valence-electron chi connectivity index (χ2n) is 5.09. The van der Waals surface area contributed by atoms with Gasteiger partial charge in [0.25, 0.3) is 0 Å². The first-order valence-corrected chi connectivity index (χ1v) is 6.85. The van der Waals surface area contributed by atoms with E-state index < -0.39 is 12.0 Å². The minimum Gasteiger partial charge on any atom is -0.497 e. The van der Waals surface area contributed by atoms with Crippen LogP contribution in [-0.2, 0) is 19.1 Å². The highest BCUT2D eigenvalue weighted by Crippen LogP contribution is 2.31. The lowest BCUT2D eigenvalue weighted by atomic mass is 10.0. The maximum atomic E-state index is 12.9. The van der Waals surface area contributed by atoms with Crippen LogP contribution in [0.5, 0.6) is 5.75 Å². The number of nitrogens with one attached hydrogen (secondary N) is 1. The molecule has 0 bridgehead atoms. The average molecular weight is 312 g/mol. The van der Waals surface area contributed by atoms with E-state index in [2.05, 4.69) is 15.5 Å². The van der Waals surface area contributed by atoms with E-state index in [4.69, 9.17) is 4.74 Å². The second kappa shape index (κ2) is 5.60. The van der Waals surface area contributed by atoms with Crippen LogP contribution in [0.4, 0.5) is 13.2 Å². The molecule has 118 valence electrons. The predicted octanol–water partition coefficient (Wildman–Crippen LogP) is 2.19. The maximum absolute atomic E-state index is 12.9. The monoisotopic (exact) mass is 312 g/mol. The van der Waals surface area contributed by atoms with E-state index in [0.29, 0.717) is 18.8 Å². The molecule has 1 N–H and O–H groups in total. The Bertz CT molecular complexity index is 651. The van der Waals surface area contributed by atoms with Crippen LogP contribution < -0.4 is 10.1 Å². The van der Waals surface area contributed by atoms with E-state index in [0.717, 1.165) is 15.9 Å². The van der Waals surface area contributed by atoms with Crippen LogP contribution >= 0.6 is 0 Å². The molecule has 22 heavy (non-hydrogen) atoms. The van der Waals surface area contributed by atoms with Gasteiger partial charge in [0.1, 0.15) is 5.75 Å². The number of alkyl halides is 3. The molecular weight excluding hydrogens is 297 g/mol. The fourth-order valence-electron chi connectivity index (χ4n) is 2.61. The van der Waals surface area contributed by atoms with Crippen LogP contribution in [0.3, 0.4) is 0 Å². The highest BCUT2D eigenvalue weighted by Gasteiger charge is 2.40. The van der Waals surface area contributed by atoms with Crippen LogP contribution in [0.15, 0.2) is 24.3 Å². The van der Waals surface area contributed by atoms with Gasteiger partial charge < -0.3 is 14.6 Å². The fourth-order valence-corrected chi connectivity index (χ4v) is 2.61. The summed E-state index contributed by atoms with van der Waals surface area (Å²) in [6, 6.07) is 7.14. The maximum Gasteiger partial charge on any atom is 0.451 e. The average Bonchev–Trinajstić information content (AvgIpc) is 2.93. The first-order chi connectivity index (χ1) is 10.5. The molecule has 0 saturated heterocycles. The quantitative estimate of drug-likeness (QED) is 0.944. The number of benzene rings is 1. The van der Waals surface area contributed by atoms with Gasteiger partial charge in [-0.2, -0.15) is 13.2 Å². The summed E-state index contributed by atoms with van der Waals surface area (Å²) >= 11 is 0. The van der Waals surface area contributed by atoms with Crippen molar-refractivity contribution >= 4 is 0 Å². The number of fused-ring (bicyclic) bond motifs is 1. The molecule has 0 fully saturated rings. The third-order valence-corrected chi connectivity index (χ3v) is 3.67. The number of aromatic nitrogens is 3. The second-order valence-corrected chi connectivity index (χ2v) is 5.09. The minimum absolute atomic E-state index is 0.219. The van der Waals surface area contributed by atoms with E-state index in [1.807, 2.05) is 24.3 Å². The Hall–Kier alpha value is -2.09. The molecule has 1 unspecified atom stereocenters. The Morgan fingerprint density at radius 1 is 1.27 bits per heavy atom. The number of methoxy groups -OCH3 is 1. The van der Waals surface area contributed by atoms with Crippen molar-refractivity contribution in [2.45, 2.75) is 25.2 Å². The number of rotatable bonds is 3. The smallest absolute Gasteiger partial charge is 0.451 e. The standard InChI is InChI=1S/C14H15F3N4O/c1-22-10-4-2-9(3-5-10)8-11-12-19-20-13(14(15,16)17)21(12)7-6-18-11/h2-5,11,18H,6-8H2,1H3. The van der Waals surface area contributed by atoms with Gasteiger partial charge in [0.2, 0.25) is 5.82 Å². The number of hydrogen-bond donors (Lipinski definition) is 1. The first-order valence-electron chi connectivity index (χ1n) is 6.85. The molecule has 0 aliphatic carbocycles. The molecule has 2 heterocycles. The molecule has 1 aliphatic heterocycles. The summed E-state index contributed by atoms with van der Waals surface area (Å²) in [5.74, 6) is 0.140. The van der Waals surface area contributed by atoms with Gasteiger partial charge in [0.15, 0.2) is 5.82 Å². The lowest BCUT2D eigenvalue weighted by Crippen LogP contribution is -2.36. The summed E-state index contributed by atoms with van der Waals surface area (Å²) in [6.07, 6.45) is -3.94. The summed E-state index contributed by atoms with van der Waals surface area (Å²) in [5, 5.41) is 10.3. The molecule has 2 aromatic rings. The molecule has 0 spiro atoms. The highest BCUT2D eigenvalue weighted by atomic mass is 19.4. The van der Waals surface area contributed by atoms with Crippen molar-refractivity contribution in [3.63, 3.8) is 0 Å². The predicted molar refractivity (Wildman–Crippen MR) is 72.5 cm³/mol. The van der Waals surface area contributed by atoms with Crippen LogP contribution in [0.25, 0.3) is 0 Å². The zero-order chi connectivity index (χ0) is 15.7. The van der Waals surface area contributed by atoms with Crippen LogP contribution in [0.1, 0.15) is 23.3 Å². The molecule has 3 rings (SSSR count). The van der Waals surface area contributed by atoms with Gasteiger partial charge in [0.05, 0.1) is 13.2 Å². The van der Waals surface area contributed by atoms with E-state index in [1.165, 1.54) is 0 Å². The molecular formula is C14H15F3N4O. The molecule has 0 radical (unpaired) electrons. The van der Waals surface area contributed by atoms with Crippen molar-refractivity contribution in [3.05, 3.63) is 41.5 Å². The Balaban J connectivity index is 1.84. The number of nitrogens with zero attached hydrogens (tertiary/aromatic N) is 3. The lowest BCUT2D eigenvalue weighted by Gasteiger charge is -2.25. The SMILES string of the molecule is COc1ccc(CC2NCCn3c2nnc3C(F)(F)F)cc1. The van der Waals surface area contributed by atoms with Gasteiger partial charge in [-0.25, -0.2) is 0 Å². The lowest BCUT2D eigenvalue weighted by molar-refractivity contribution is -0.147. The Morgan fingerprint density at radius 2 is 2.00 bits per heavy atom. The zero-order valence-corrected chi connectivity index (χ0v) is 11.9. The fraction of sp³-hybridized carbons (Fsp3) is 0.429. The molecule has 1 aromatic heterocycles. The van der Waals surface area contributed by atoms with E-state index in [9.17, 15) is 13.2 Å². The third-order valence-electron chi connectivity index (χ3n) is 3.67. The van der Waals surface area contributed by atoms with Gasteiger partial charge in [-0.1, -0.05) is 12.1 Å². The largest absolute Gasteiger partial charge is 0.497 e. The van der Waals surface area contributed by atoms with Gasteiger partial charge >= 0.3 is 6.18 Å². The molecule has 1 atom stereocenters. The Kier molecular flexibility index (Phi) is 3.78. The number of hydrogen-bond acceptors (Lipinski definition) is 4. The molecule has 1 aliphatic rings. The van der Waals surface area contributed by atoms with Crippen molar-refractivity contribution in [1.29, 1.82) is 0 Å². The van der Waals surface area contributed by atoms with Gasteiger partial charge in [-0.05, 0) is 24.1 Å². The highest BCUT2D eigenvalue weighted by molar-refractivity contribution is 5.28. The van der Waals surface area contributed by atoms with Crippen LogP contribution in [-0.4, -0.2) is 28.4 Å². The minimum atomic E-state index is -4.48. The van der Waals surface area contributed by atoms with E-state index in [-0.39, 0.29) is 12.6 Å². The molecule has 5 nitrogen and oxygen atoms in total. The first kappa shape index (κ1) is 14.8. The number of halogens is 3. The van der Waals surface area contributed by atoms with Gasteiger partial charge in [-0.15, -0.1) is 10.2 Å². The Labute approximate surface area is 125 Å². The van der Waals surface area contributed by atoms with Crippen molar-refractivity contribution in [3.8, 4) is 5.75 Å². The summed E-state index contributed by atoms with van der Waals surface area (Å²) in [4.78, 5) is 0. The third kappa shape index (κ3) is 2.78.